The van der Waals surface area contributed by atoms with Crippen molar-refractivity contribution in [2.45, 2.75) is 19.3 Å². The number of hydrogen-bond acceptors (Lipinski definition) is 1. The van der Waals surface area contributed by atoms with E-state index in [2.05, 4.69) is 48.2 Å². The smallest absolute Gasteiger partial charge is 0.159 e. The average Bonchev–Trinajstić information content (AvgIpc) is 2.82. The Morgan fingerprint density at radius 3 is 1.72 bits per heavy atom. The monoisotopic (exact) mass is 426 g/mol. The van der Waals surface area contributed by atoms with Crippen LogP contribution in [0.25, 0.3) is 10.8 Å². The summed E-state index contributed by atoms with van der Waals surface area (Å²) in [6.45, 7) is 0.744. The van der Waals surface area contributed by atoms with Crippen LogP contribution in [0.15, 0.2) is 78.9 Å². The van der Waals surface area contributed by atoms with Gasteiger partial charge in [-0.3, -0.25) is 0 Å². The molecule has 0 atom stereocenters. The number of fused-ring (bicyclic) bond motifs is 1. The quantitative estimate of drug-likeness (QED) is 0.320. The lowest BCUT2D eigenvalue weighted by molar-refractivity contribution is 0.202. The summed E-state index contributed by atoms with van der Waals surface area (Å²) in [7, 11) is 1.72. The standard InChI is InChI=1S/C29H24F2O/c1-32-17-16-24-10-8-22(9-11-24)3-2-21-4-6-23(7-5-21)12-13-25-14-15-26-19-28(30)29(31)20-27(26)18-25/h4-11,14-15,18-20H,2-3,16-17H2,1H3. The lowest BCUT2D eigenvalue weighted by Gasteiger charge is -2.05. The molecule has 1 nitrogen and oxygen atoms in total. The van der Waals surface area contributed by atoms with Crippen LogP contribution in [0.3, 0.4) is 0 Å². The minimum absolute atomic E-state index is 0.637. The summed E-state index contributed by atoms with van der Waals surface area (Å²) >= 11 is 0. The largest absolute Gasteiger partial charge is 0.384 e. The Hall–Kier alpha value is -3.48. The Balaban J connectivity index is 1.37. The molecule has 4 rings (SSSR count). The highest BCUT2D eigenvalue weighted by Crippen LogP contribution is 2.20. The Morgan fingerprint density at radius 2 is 1.09 bits per heavy atom. The molecule has 32 heavy (non-hydrogen) atoms. The van der Waals surface area contributed by atoms with E-state index in [1.165, 1.54) is 28.8 Å². The Morgan fingerprint density at radius 1 is 0.594 bits per heavy atom. The van der Waals surface area contributed by atoms with Gasteiger partial charge in [-0.15, -0.1) is 0 Å². The molecule has 4 aromatic rings. The molecule has 0 aromatic heterocycles. The molecule has 0 saturated heterocycles. The summed E-state index contributed by atoms with van der Waals surface area (Å²) in [5, 5.41) is 1.29. The highest BCUT2D eigenvalue weighted by atomic mass is 19.2. The van der Waals surface area contributed by atoms with Crippen molar-refractivity contribution in [3.05, 3.63) is 118 Å². The predicted octanol–water partition coefficient (Wildman–Crippen LogP) is 6.49. The average molecular weight is 427 g/mol. The van der Waals surface area contributed by atoms with E-state index in [-0.39, 0.29) is 0 Å². The Bertz CT molecular complexity index is 1260. The minimum atomic E-state index is -0.847. The van der Waals surface area contributed by atoms with E-state index in [0.717, 1.165) is 37.0 Å². The van der Waals surface area contributed by atoms with Gasteiger partial charge in [-0.05, 0) is 83.1 Å². The second-order valence-corrected chi connectivity index (χ2v) is 7.83. The summed E-state index contributed by atoms with van der Waals surface area (Å²) in [6, 6.07) is 24.7. The molecule has 0 fully saturated rings. The maximum Gasteiger partial charge on any atom is 0.159 e. The van der Waals surface area contributed by atoms with Crippen LogP contribution in [0.2, 0.25) is 0 Å². The first-order valence-corrected chi connectivity index (χ1v) is 10.7. The van der Waals surface area contributed by atoms with E-state index in [1.807, 2.05) is 18.2 Å². The minimum Gasteiger partial charge on any atom is -0.384 e. The zero-order chi connectivity index (χ0) is 22.3. The van der Waals surface area contributed by atoms with Gasteiger partial charge in [-0.1, -0.05) is 54.3 Å². The van der Waals surface area contributed by atoms with Crippen molar-refractivity contribution in [2.24, 2.45) is 0 Å². The molecular formula is C29H24F2O. The number of benzene rings is 4. The van der Waals surface area contributed by atoms with Crippen molar-refractivity contribution in [3.63, 3.8) is 0 Å². The van der Waals surface area contributed by atoms with E-state index in [9.17, 15) is 8.78 Å². The fraction of sp³-hybridized carbons (Fsp3) is 0.172. The molecular weight excluding hydrogens is 402 g/mol. The lowest BCUT2D eigenvalue weighted by Crippen LogP contribution is -1.95. The third-order valence-electron chi connectivity index (χ3n) is 5.50. The van der Waals surface area contributed by atoms with Crippen LogP contribution in [-0.4, -0.2) is 13.7 Å². The second kappa shape index (κ2) is 10.2. The first kappa shape index (κ1) is 21.7. The molecule has 3 heteroatoms. The van der Waals surface area contributed by atoms with Gasteiger partial charge in [0.1, 0.15) is 0 Å². The molecule has 160 valence electrons. The van der Waals surface area contributed by atoms with Gasteiger partial charge in [0, 0.05) is 18.2 Å². The summed E-state index contributed by atoms with van der Waals surface area (Å²) in [5.74, 6) is 4.57. The number of ether oxygens (including phenoxy) is 1. The maximum atomic E-state index is 13.5. The number of rotatable bonds is 6. The third kappa shape index (κ3) is 5.60. The molecule has 0 radical (unpaired) electrons. The van der Waals surface area contributed by atoms with Crippen LogP contribution in [0.1, 0.15) is 27.8 Å². The molecule has 0 spiro atoms. The van der Waals surface area contributed by atoms with Gasteiger partial charge in [0.25, 0.3) is 0 Å². The van der Waals surface area contributed by atoms with E-state index in [0.29, 0.717) is 10.8 Å². The molecule has 0 amide bonds. The van der Waals surface area contributed by atoms with Crippen LogP contribution in [0.5, 0.6) is 0 Å². The first-order chi connectivity index (χ1) is 15.6. The highest BCUT2D eigenvalue weighted by Gasteiger charge is 2.04. The van der Waals surface area contributed by atoms with E-state index < -0.39 is 11.6 Å². The van der Waals surface area contributed by atoms with Crippen molar-refractivity contribution < 1.29 is 13.5 Å². The SMILES string of the molecule is COCCc1ccc(CCc2ccc(C#Cc3ccc4cc(F)c(F)cc4c3)cc2)cc1. The van der Waals surface area contributed by atoms with Crippen molar-refractivity contribution >= 4 is 10.8 Å². The van der Waals surface area contributed by atoms with Gasteiger partial charge in [-0.2, -0.15) is 0 Å². The predicted molar refractivity (Wildman–Crippen MR) is 126 cm³/mol. The molecule has 0 unspecified atom stereocenters. The lowest BCUT2D eigenvalue weighted by atomic mass is 10.0. The zero-order valence-electron chi connectivity index (χ0n) is 18.0. The molecule has 4 aromatic carbocycles. The van der Waals surface area contributed by atoms with E-state index in [4.69, 9.17) is 4.74 Å². The number of hydrogen-bond donors (Lipinski definition) is 0. The van der Waals surface area contributed by atoms with Gasteiger partial charge in [0.05, 0.1) is 6.61 Å². The van der Waals surface area contributed by atoms with E-state index >= 15 is 0 Å². The second-order valence-electron chi connectivity index (χ2n) is 7.83. The van der Waals surface area contributed by atoms with Crippen LogP contribution in [0.4, 0.5) is 8.78 Å². The Labute approximate surface area is 187 Å². The number of methoxy groups -OCH3 is 1. The Kier molecular flexibility index (Phi) is 6.94. The molecule has 0 heterocycles. The first-order valence-electron chi connectivity index (χ1n) is 10.7. The summed E-state index contributed by atoms with van der Waals surface area (Å²) in [4.78, 5) is 0. The third-order valence-corrected chi connectivity index (χ3v) is 5.50. The van der Waals surface area contributed by atoms with Crippen molar-refractivity contribution in [3.8, 4) is 11.8 Å². The summed E-state index contributed by atoms with van der Waals surface area (Å²) < 4.78 is 32.0. The van der Waals surface area contributed by atoms with Gasteiger partial charge in [0.2, 0.25) is 0 Å². The van der Waals surface area contributed by atoms with Gasteiger partial charge in [0.15, 0.2) is 11.6 Å². The van der Waals surface area contributed by atoms with E-state index in [1.54, 1.807) is 19.2 Å². The molecule has 0 N–H and O–H groups in total. The van der Waals surface area contributed by atoms with Crippen molar-refractivity contribution in [2.75, 3.05) is 13.7 Å². The molecule has 0 saturated carbocycles. The molecule has 0 aliphatic heterocycles. The number of halogens is 2. The topological polar surface area (TPSA) is 9.23 Å². The zero-order valence-corrected chi connectivity index (χ0v) is 18.0. The maximum absolute atomic E-state index is 13.5. The summed E-state index contributed by atoms with van der Waals surface area (Å²) in [5.41, 5.74) is 5.57. The normalized spacial score (nSPS) is 10.7. The molecule has 0 aliphatic carbocycles. The van der Waals surface area contributed by atoms with Crippen LogP contribution >= 0.6 is 0 Å². The molecule has 0 bridgehead atoms. The van der Waals surface area contributed by atoms with Gasteiger partial charge in [-0.25, -0.2) is 8.78 Å². The molecule has 0 aliphatic rings. The van der Waals surface area contributed by atoms with Crippen LogP contribution < -0.4 is 0 Å². The van der Waals surface area contributed by atoms with Crippen molar-refractivity contribution in [1.82, 2.24) is 0 Å². The van der Waals surface area contributed by atoms with Crippen molar-refractivity contribution in [1.29, 1.82) is 0 Å². The fourth-order valence-electron chi connectivity index (χ4n) is 3.60. The number of aryl methyl sites for hydroxylation is 2. The van der Waals surface area contributed by atoms with Gasteiger partial charge >= 0.3 is 0 Å². The van der Waals surface area contributed by atoms with Crippen LogP contribution in [-0.2, 0) is 24.0 Å². The summed E-state index contributed by atoms with van der Waals surface area (Å²) in [6.07, 6.45) is 2.90. The fourth-order valence-corrected chi connectivity index (χ4v) is 3.60. The van der Waals surface area contributed by atoms with Crippen LogP contribution in [0, 0.1) is 23.5 Å². The van der Waals surface area contributed by atoms with Gasteiger partial charge < -0.3 is 4.74 Å². The highest BCUT2D eigenvalue weighted by molar-refractivity contribution is 5.84.